The minimum Gasteiger partial charge on any atom is -0.411 e. The van der Waals surface area contributed by atoms with Crippen molar-refractivity contribution in [3.8, 4) is 0 Å². The number of nitrogens with zero attached hydrogens (tertiary/aromatic N) is 2. The molecular weight excluding hydrogens is 197 g/mol. The van der Waals surface area contributed by atoms with Gasteiger partial charge >= 0.3 is 6.18 Å². The lowest BCUT2D eigenvalue weighted by molar-refractivity contribution is -0.141. The van der Waals surface area contributed by atoms with Crippen LogP contribution in [0.4, 0.5) is 13.2 Å². The van der Waals surface area contributed by atoms with Crippen molar-refractivity contribution in [1.82, 2.24) is 4.98 Å². The van der Waals surface area contributed by atoms with Crippen molar-refractivity contribution in [2.24, 2.45) is 5.16 Å². The SMILES string of the molecule is Cc1nc(C(F)(F)F)ccc1C=NO. The number of aromatic nitrogens is 1. The molecule has 1 rings (SSSR count). The lowest BCUT2D eigenvalue weighted by Crippen LogP contribution is -2.09. The maximum absolute atomic E-state index is 12.1. The van der Waals surface area contributed by atoms with Crippen molar-refractivity contribution >= 4 is 6.21 Å². The first-order valence-corrected chi connectivity index (χ1v) is 3.67. The summed E-state index contributed by atoms with van der Waals surface area (Å²) in [5.74, 6) is 0. The van der Waals surface area contributed by atoms with Gasteiger partial charge in [0.25, 0.3) is 0 Å². The van der Waals surface area contributed by atoms with Crippen molar-refractivity contribution in [1.29, 1.82) is 0 Å². The third-order valence-electron chi connectivity index (χ3n) is 1.61. The van der Waals surface area contributed by atoms with Crippen LogP contribution in [0.25, 0.3) is 0 Å². The van der Waals surface area contributed by atoms with Crippen molar-refractivity contribution in [3.63, 3.8) is 0 Å². The van der Waals surface area contributed by atoms with E-state index >= 15 is 0 Å². The molecule has 14 heavy (non-hydrogen) atoms. The molecule has 0 aliphatic carbocycles. The average molecular weight is 204 g/mol. The van der Waals surface area contributed by atoms with Gasteiger partial charge in [0.15, 0.2) is 0 Å². The zero-order valence-corrected chi connectivity index (χ0v) is 7.21. The first kappa shape index (κ1) is 10.5. The van der Waals surface area contributed by atoms with Crippen LogP contribution in [0, 0.1) is 6.92 Å². The van der Waals surface area contributed by atoms with Gasteiger partial charge in [-0.2, -0.15) is 13.2 Å². The van der Waals surface area contributed by atoms with E-state index in [1.165, 1.54) is 13.0 Å². The highest BCUT2D eigenvalue weighted by Crippen LogP contribution is 2.27. The fourth-order valence-corrected chi connectivity index (χ4v) is 0.928. The van der Waals surface area contributed by atoms with Crippen LogP contribution in [0.5, 0.6) is 0 Å². The lowest BCUT2D eigenvalue weighted by Gasteiger charge is -2.07. The Kier molecular flexibility index (Phi) is 2.73. The zero-order valence-electron chi connectivity index (χ0n) is 7.21. The fraction of sp³-hybridized carbons (Fsp3) is 0.250. The smallest absolute Gasteiger partial charge is 0.411 e. The molecule has 0 bridgehead atoms. The van der Waals surface area contributed by atoms with Crippen LogP contribution >= 0.6 is 0 Å². The van der Waals surface area contributed by atoms with E-state index in [1.807, 2.05) is 0 Å². The Hall–Kier alpha value is -1.59. The molecule has 0 aromatic carbocycles. The van der Waals surface area contributed by atoms with Crippen molar-refractivity contribution < 1.29 is 18.4 Å². The lowest BCUT2D eigenvalue weighted by atomic mass is 10.2. The Bertz CT molecular complexity index is 360. The van der Waals surface area contributed by atoms with Gasteiger partial charge in [0.2, 0.25) is 0 Å². The van der Waals surface area contributed by atoms with Gasteiger partial charge in [-0.25, -0.2) is 4.98 Å². The Morgan fingerprint density at radius 1 is 1.43 bits per heavy atom. The van der Waals surface area contributed by atoms with E-state index in [0.717, 1.165) is 12.3 Å². The highest BCUT2D eigenvalue weighted by molar-refractivity contribution is 5.80. The van der Waals surface area contributed by atoms with Crippen LogP contribution < -0.4 is 0 Å². The Morgan fingerprint density at radius 2 is 2.07 bits per heavy atom. The number of hydrogen-bond acceptors (Lipinski definition) is 3. The van der Waals surface area contributed by atoms with Crippen LogP contribution in [0.3, 0.4) is 0 Å². The normalized spacial score (nSPS) is 12.3. The van der Waals surface area contributed by atoms with E-state index in [0.29, 0.717) is 5.56 Å². The Morgan fingerprint density at radius 3 is 2.50 bits per heavy atom. The predicted octanol–water partition coefficient (Wildman–Crippen LogP) is 2.22. The number of rotatable bonds is 1. The van der Waals surface area contributed by atoms with Gasteiger partial charge in [0.05, 0.1) is 6.21 Å². The number of pyridine rings is 1. The largest absolute Gasteiger partial charge is 0.433 e. The maximum atomic E-state index is 12.1. The van der Waals surface area contributed by atoms with Crippen LogP contribution in [0.15, 0.2) is 17.3 Å². The summed E-state index contributed by atoms with van der Waals surface area (Å²) in [5.41, 5.74) is -0.441. The van der Waals surface area contributed by atoms with Gasteiger partial charge < -0.3 is 5.21 Å². The minimum absolute atomic E-state index is 0.164. The first-order valence-electron chi connectivity index (χ1n) is 3.67. The third kappa shape index (κ3) is 2.21. The molecule has 0 fully saturated rings. The molecule has 1 aromatic rings. The third-order valence-corrected chi connectivity index (χ3v) is 1.61. The quantitative estimate of drug-likeness (QED) is 0.433. The molecule has 76 valence electrons. The van der Waals surface area contributed by atoms with Gasteiger partial charge in [-0.3, -0.25) is 0 Å². The molecule has 0 atom stereocenters. The van der Waals surface area contributed by atoms with Crippen LogP contribution in [0.2, 0.25) is 0 Å². The zero-order chi connectivity index (χ0) is 10.8. The molecule has 1 heterocycles. The first-order chi connectivity index (χ1) is 6.45. The molecule has 0 saturated heterocycles. The van der Waals surface area contributed by atoms with Crippen molar-refractivity contribution in [2.75, 3.05) is 0 Å². The summed E-state index contributed by atoms with van der Waals surface area (Å²) < 4.78 is 36.4. The van der Waals surface area contributed by atoms with E-state index in [1.54, 1.807) is 0 Å². The van der Waals surface area contributed by atoms with Crippen LogP contribution in [-0.4, -0.2) is 16.4 Å². The van der Waals surface area contributed by atoms with E-state index in [4.69, 9.17) is 5.21 Å². The molecule has 1 N–H and O–H groups in total. The molecule has 0 aliphatic rings. The molecule has 0 amide bonds. The second-order valence-electron chi connectivity index (χ2n) is 2.61. The summed E-state index contributed by atoms with van der Waals surface area (Å²) in [4.78, 5) is 3.34. The van der Waals surface area contributed by atoms with Gasteiger partial charge in [-0.15, -0.1) is 0 Å². The summed E-state index contributed by atoms with van der Waals surface area (Å²) in [7, 11) is 0. The summed E-state index contributed by atoms with van der Waals surface area (Å²) in [5, 5.41) is 10.9. The second kappa shape index (κ2) is 3.65. The predicted molar refractivity (Wildman–Crippen MR) is 43.4 cm³/mol. The monoisotopic (exact) mass is 204 g/mol. The second-order valence-corrected chi connectivity index (χ2v) is 2.61. The molecule has 0 saturated carbocycles. The number of aryl methyl sites for hydroxylation is 1. The Balaban J connectivity index is 3.13. The average Bonchev–Trinajstić information content (AvgIpc) is 2.07. The van der Waals surface area contributed by atoms with Crippen LogP contribution in [0.1, 0.15) is 17.0 Å². The van der Waals surface area contributed by atoms with Crippen molar-refractivity contribution in [2.45, 2.75) is 13.1 Å². The maximum Gasteiger partial charge on any atom is 0.433 e. The molecule has 6 heteroatoms. The van der Waals surface area contributed by atoms with Gasteiger partial charge in [0.1, 0.15) is 5.69 Å². The van der Waals surface area contributed by atoms with E-state index in [-0.39, 0.29) is 5.69 Å². The molecule has 0 aliphatic heterocycles. The summed E-state index contributed by atoms with van der Waals surface area (Å²) in [6, 6.07) is 2.04. The molecule has 3 nitrogen and oxygen atoms in total. The number of alkyl halides is 3. The number of oxime groups is 1. The molecule has 1 aromatic heterocycles. The summed E-state index contributed by atoms with van der Waals surface area (Å²) >= 11 is 0. The van der Waals surface area contributed by atoms with E-state index < -0.39 is 11.9 Å². The highest BCUT2D eigenvalue weighted by Gasteiger charge is 2.32. The highest BCUT2D eigenvalue weighted by atomic mass is 19.4. The summed E-state index contributed by atoms with van der Waals surface area (Å²) in [6.45, 7) is 1.41. The van der Waals surface area contributed by atoms with Gasteiger partial charge in [-0.1, -0.05) is 5.16 Å². The molecular formula is C8H7F3N2O. The standard InChI is InChI=1S/C8H7F3N2O/c1-5-6(4-12-14)2-3-7(13-5)8(9,10)11/h2-4,14H,1H3. The summed E-state index contributed by atoms with van der Waals surface area (Å²) in [6.07, 6.45) is -3.41. The molecule has 0 unspecified atom stereocenters. The Labute approximate surface area is 77.9 Å². The number of hydrogen-bond donors (Lipinski definition) is 1. The minimum atomic E-state index is -4.44. The van der Waals surface area contributed by atoms with Gasteiger partial charge in [-0.05, 0) is 19.1 Å². The molecule has 0 spiro atoms. The van der Waals surface area contributed by atoms with E-state index in [9.17, 15) is 13.2 Å². The number of halogens is 3. The van der Waals surface area contributed by atoms with Crippen LogP contribution in [-0.2, 0) is 6.18 Å². The van der Waals surface area contributed by atoms with Crippen molar-refractivity contribution in [3.05, 3.63) is 29.1 Å². The van der Waals surface area contributed by atoms with E-state index in [2.05, 4.69) is 10.1 Å². The topological polar surface area (TPSA) is 45.5 Å². The molecule has 0 radical (unpaired) electrons. The van der Waals surface area contributed by atoms with Gasteiger partial charge in [0, 0.05) is 11.3 Å². The fourth-order valence-electron chi connectivity index (χ4n) is 0.928.